The standard InChI is InChI=1S/C24H31N3O2/c1-18-4-6-19(7-5-18)16-24(28)27-11-10-20-21(17-27)22(8-9-23(20)29-3)26-14-12-25(2)13-15-26/h4-9H,10-17H2,1-3H3. The van der Waals surface area contributed by atoms with Crippen LogP contribution in [0.25, 0.3) is 0 Å². The van der Waals surface area contributed by atoms with Crippen molar-refractivity contribution in [2.24, 2.45) is 0 Å². The Bertz CT molecular complexity index is 870. The van der Waals surface area contributed by atoms with E-state index in [0.29, 0.717) is 13.0 Å². The number of amides is 1. The van der Waals surface area contributed by atoms with Crippen molar-refractivity contribution in [2.75, 3.05) is 51.8 Å². The number of ether oxygens (including phenoxy) is 1. The van der Waals surface area contributed by atoms with Crippen molar-refractivity contribution in [2.45, 2.75) is 26.3 Å². The molecular weight excluding hydrogens is 362 g/mol. The van der Waals surface area contributed by atoms with E-state index in [1.54, 1.807) is 7.11 Å². The summed E-state index contributed by atoms with van der Waals surface area (Å²) in [5.41, 5.74) is 6.09. The van der Waals surface area contributed by atoms with Gasteiger partial charge in [-0.25, -0.2) is 0 Å². The number of fused-ring (bicyclic) bond motifs is 1. The number of methoxy groups -OCH3 is 1. The number of nitrogens with zero attached hydrogens (tertiary/aromatic N) is 3. The maximum atomic E-state index is 13.0. The van der Waals surface area contributed by atoms with Crippen molar-refractivity contribution in [3.63, 3.8) is 0 Å². The number of anilines is 1. The molecule has 5 heteroatoms. The second-order valence-corrected chi connectivity index (χ2v) is 8.26. The lowest BCUT2D eigenvalue weighted by atomic mass is 9.95. The monoisotopic (exact) mass is 393 g/mol. The summed E-state index contributed by atoms with van der Waals surface area (Å²) in [6.45, 7) is 7.66. The summed E-state index contributed by atoms with van der Waals surface area (Å²) in [4.78, 5) is 19.9. The number of hydrogen-bond acceptors (Lipinski definition) is 4. The van der Waals surface area contributed by atoms with Gasteiger partial charge in [-0.1, -0.05) is 29.8 Å². The van der Waals surface area contributed by atoms with Crippen LogP contribution in [0.1, 0.15) is 22.3 Å². The Morgan fingerprint density at radius 3 is 2.38 bits per heavy atom. The van der Waals surface area contributed by atoms with Gasteiger partial charge in [-0.05, 0) is 38.1 Å². The van der Waals surface area contributed by atoms with E-state index in [2.05, 4.69) is 60.2 Å². The predicted molar refractivity (Wildman–Crippen MR) is 117 cm³/mol. The van der Waals surface area contributed by atoms with E-state index in [9.17, 15) is 4.79 Å². The van der Waals surface area contributed by atoms with E-state index in [4.69, 9.17) is 4.74 Å². The fourth-order valence-electron chi connectivity index (χ4n) is 4.37. The fraction of sp³-hybridized carbons (Fsp3) is 0.458. The quantitative estimate of drug-likeness (QED) is 0.800. The van der Waals surface area contributed by atoms with Crippen LogP contribution < -0.4 is 9.64 Å². The molecule has 0 aromatic heterocycles. The third-order valence-electron chi connectivity index (χ3n) is 6.24. The zero-order valence-electron chi connectivity index (χ0n) is 17.8. The first-order valence-electron chi connectivity index (χ1n) is 10.5. The largest absolute Gasteiger partial charge is 0.496 e. The molecule has 0 saturated carbocycles. The summed E-state index contributed by atoms with van der Waals surface area (Å²) in [7, 11) is 3.91. The van der Waals surface area contributed by atoms with Gasteiger partial charge in [0.2, 0.25) is 5.91 Å². The highest BCUT2D eigenvalue weighted by atomic mass is 16.5. The van der Waals surface area contributed by atoms with Gasteiger partial charge in [-0.2, -0.15) is 0 Å². The molecule has 2 aliphatic heterocycles. The van der Waals surface area contributed by atoms with Crippen LogP contribution in [0.15, 0.2) is 36.4 Å². The molecule has 0 atom stereocenters. The third kappa shape index (κ3) is 4.25. The second kappa shape index (κ2) is 8.46. The first kappa shape index (κ1) is 19.8. The molecule has 2 aromatic rings. The molecule has 29 heavy (non-hydrogen) atoms. The van der Waals surface area contributed by atoms with Crippen molar-refractivity contribution >= 4 is 11.6 Å². The molecule has 4 rings (SSSR count). The Morgan fingerprint density at radius 2 is 1.69 bits per heavy atom. The minimum absolute atomic E-state index is 0.201. The molecule has 0 radical (unpaired) electrons. The van der Waals surface area contributed by atoms with E-state index < -0.39 is 0 Å². The average Bonchev–Trinajstić information content (AvgIpc) is 2.75. The zero-order valence-corrected chi connectivity index (χ0v) is 17.8. The maximum Gasteiger partial charge on any atom is 0.227 e. The van der Waals surface area contributed by atoms with E-state index in [1.165, 1.54) is 22.4 Å². The lowest BCUT2D eigenvalue weighted by Crippen LogP contribution is -2.45. The molecule has 0 N–H and O–H groups in total. The van der Waals surface area contributed by atoms with Crippen molar-refractivity contribution < 1.29 is 9.53 Å². The van der Waals surface area contributed by atoms with Crippen LogP contribution in [0.3, 0.4) is 0 Å². The number of hydrogen-bond donors (Lipinski definition) is 0. The van der Waals surface area contributed by atoms with Crippen molar-refractivity contribution in [3.05, 3.63) is 58.7 Å². The molecule has 1 saturated heterocycles. The maximum absolute atomic E-state index is 13.0. The van der Waals surface area contributed by atoms with E-state index in [0.717, 1.165) is 50.5 Å². The Hall–Kier alpha value is -2.53. The van der Waals surface area contributed by atoms with Gasteiger partial charge < -0.3 is 19.4 Å². The molecule has 2 heterocycles. The Balaban J connectivity index is 1.56. The van der Waals surface area contributed by atoms with Gasteiger partial charge in [0, 0.05) is 56.1 Å². The lowest BCUT2D eigenvalue weighted by Gasteiger charge is -2.38. The highest BCUT2D eigenvalue weighted by Crippen LogP contribution is 2.36. The first-order valence-corrected chi connectivity index (χ1v) is 10.5. The highest BCUT2D eigenvalue weighted by molar-refractivity contribution is 5.79. The van der Waals surface area contributed by atoms with Crippen molar-refractivity contribution in [1.82, 2.24) is 9.80 Å². The average molecular weight is 394 g/mol. The van der Waals surface area contributed by atoms with E-state index >= 15 is 0 Å². The number of aryl methyl sites for hydroxylation is 1. The molecule has 0 unspecified atom stereocenters. The van der Waals surface area contributed by atoms with Crippen LogP contribution >= 0.6 is 0 Å². The fourth-order valence-corrected chi connectivity index (χ4v) is 4.37. The van der Waals surface area contributed by atoms with Gasteiger partial charge in [-0.15, -0.1) is 0 Å². The molecule has 0 aliphatic carbocycles. The van der Waals surface area contributed by atoms with Crippen LogP contribution in [0, 0.1) is 6.92 Å². The van der Waals surface area contributed by atoms with Crippen LogP contribution in [-0.4, -0.2) is 62.6 Å². The van der Waals surface area contributed by atoms with E-state index in [-0.39, 0.29) is 5.91 Å². The minimum Gasteiger partial charge on any atom is -0.496 e. The molecule has 5 nitrogen and oxygen atoms in total. The normalized spacial score (nSPS) is 17.2. The Kier molecular flexibility index (Phi) is 5.76. The molecule has 0 spiro atoms. The topological polar surface area (TPSA) is 36.0 Å². The van der Waals surface area contributed by atoms with Gasteiger partial charge in [0.1, 0.15) is 5.75 Å². The van der Waals surface area contributed by atoms with Gasteiger partial charge in [-0.3, -0.25) is 4.79 Å². The predicted octanol–water partition coefficient (Wildman–Crippen LogP) is 2.88. The lowest BCUT2D eigenvalue weighted by molar-refractivity contribution is -0.131. The van der Waals surface area contributed by atoms with Crippen molar-refractivity contribution in [3.8, 4) is 5.75 Å². The summed E-state index contributed by atoms with van der Waals surface area (Å²) >= 11 is 0. The molecular formula is C24H31N3O2. The SMILES string of the molecule is COc1ccc(N2CCN(C)CC2)c2c1CCN(C(=O)Cc1ccc(C)cc1)C2. The van der Waals surface area contributed by atoms with Crippen LogP contribution in [0.5, 0.6) is 5.75 Å². The third-order valence-corrected chi connectivity index (χ3v) is 6.24. The molecule has 2 aliphatic rings. The summed E-state index contributed by atoms with van der Waals surface area (Å²) in [5, 5.41) is 0. The molecule has 2 aromatic carbocycles. The molecule has 0 bridgehead atoms. The minimum atomic E-state index is 0.201. The number of carbonyl (C=O) groups is 1. The smallest absolute Gasteiger partial charge is 0.227 e. The number of piperazine rings is 1. The van der Waals surface area contributed by atoms with Gasteiger partial charge in [0.25, 0.3) is 0 Å². The summed E-state index contributed by atoms with van der Waals surface area (Å²) in [6, 6.07) is 12.5. The number of carbonyl (C=O) groups excluding carboxylic acids is 1. The summed E-state index contributed by atoms with van der Waals surface area (Å²) in [6.07, 6.45) is 1.31. The summed E-state index contributed by atoms with van der Waals surface area (Å²) in [5.74, 6) is 1.15. The van der Waals surface area contributed by atoms with Crippen LogP contribution in [-0.2, 0) is 24.2 Å². The molecule has 1 amide bonds. The van der Waals surface area contributed by atoms with E-state index in [1.807, 2.05) is 4.90 Å². The Labute approximate surface area is 173 Å². The van der Waals surface area contributed by atoms with Gasteiger partial charge in [0.15, 0.2) is 0 Å². The number of likely N-dealkylation sites (N-methyl/N-ethyl adjacent to an activating group) is 1. The van der Waals surface area contributed by atoms with Gasteiger partial charge in [0.05, 0.1) is 13.5 Å². The molecule has 154 valence electrons. The van der Waals surface area contributed by atoms with Crippen LogP contribution in [0.4, 0.5) is 5.69 Å². The van der Waals surface area contributed by atoms with Crippen molar-refractivity contribution in [1.29, 1.82) is 0 Å². The second-order valence-electron chi connectivity index (χ2n) is 8.26. The highest BCUT2D eigenvalue weighted by Gasteiger charge is 2.28. The number of rotatable bonds is 4. The first-order chi connectivity index (χ1) is 14.0. The summed E-state index contributed by atoms with van der Waals surface area (Å²) < 4.78 is 5.64. The molecule has 1 fully saturated rings. The zero-order chi connectivity index (χ0) is 20.4. The van der Waals surface area contributed by atoms with Crippen LogP contribution in [0.2, 0.25) is 0 Å². The van der Waals surface area contributed by atoms with Gasteiger partial charge >= 0.3 is 0 Å². The number of benzene rings is 2. The Morgan fingerprint density at radius 1 is 0.966 bits per heavy atom.